The molecule has 0 N–H and O–H groups in total. The zero-order chi connectivity index (χ0) is 25.8. The van der Waals surface area contributed by atoms with Crippen LogP contribution < -0.4 is 0 Å². The van der Waals surface area contributed by atoms with Crippen molar-refractivity contribution in [1.82, 2.24) is 0 Å². The Morgan fingerprint density at radius 2 is 1.28 bits per heavy atom. The molecule has 32 heavy (non-hydrogen) atoms. The lowest BCUT2D eigenvalue weighted by Gasteiger charge is -2.34. The highest BCUT2D eigenvalue weighted by molar-refractivity contribution is 6.84. The topological polar surface area (TPSA) is 61.8 Å². The second-order valence-corrected chi connectivity index (χ2v) is 17.6. The third-order valence-electron chi connectivity index (χ3n) is 3.65. The molecule has 0 rings (SSSR count). The van der Waals surface area contributed by atoms with E-state index in [1.807, 2.05) is 32.7 Å². The molecular formula is C17H26F8O5Si2. The Morgan fingerprint density at radius 1 is 0.812 bits per heavy atom. The molecule has 5 nitrogen and oxygen atoms in total. The molecule has 15 heteroatoms. The van der Waals surface area contributed by atoms with Gasteiger partial charge in [-0.25, -0.2) is 9.59 Å². The molecule has 0 radical (unpaired) electrons. The summed E-state index contributed by atoms with van der Waals surface area (Å²) in [5.74, 6) is -22.4. The highest BCUT2D eigenvalue weighted by Gasteiger charge is 2.81. The molecule has 0 atom stereocenters. The van der Waals surface area contributed by atoms with Crippen molar-refractivity contribution in [1.29, 1.82) is 0 Å². The second kappa shape index (κ2) is 10.2. The summed E-state index contributed by atoms with van der Waals surface area (Å²) in [4.78, 5) is 22.7. The molecule has 0 amide bonds. The predicted octanol–water partition coefficient (Wildman–Crippen LogP) is 5.59. The van der Waals surface area contributed by atoms with Crippen LogP contribution in [0.4, 0.5) is 35.1 Å². The van der Waals surface area contributed by atoms with E-state index >= 15 is 0 Å². The number of esters is 2. The van der Waals surface area contributed by atoms with Crippen molar-refractivity contribution < 1.29 is 58.3 Å². The average molecular weight is 519 g/mol. The lowest BCUT2D eigenvalue weighted by atomic mass is 10.1. The first-order valence-electron chi connectivity index (χ1n) is 9.24. The van der Waals surface area contributed by atoms with Crippen LogP contribution >= 0.6 is 0 Å². The van der Waals surface area contributed by atoms with E-state index in [0.29, 0.717) is 12.5 Å². The molecule has 0 bridgehead atoms. The minimum Gasteiger partial charge on any atom is -0.463 e. The van der Waals surface area contributed by atoms with E-state index < -0.39 is 59.4 Å². The predicted molar refractivity (Wildman–Crippen MR) is 103 cm³/mol. The molecule has 0 aliphatic carbocycles. The maximum atomic E-state index is 13.3. The molecular weight excluding hydrogens is 492 g/mol. The van der Waals surface area contributed by atoms with Gasteiger partial charge in [-0.05, 0) is 45.2 Å². The van der Waals surface area contributed by atoms with Gasteiger partial charge in [0.05, 0.1) is 6.61 Å². The fourth-order valence-electron chi connectivity index (χ4n) is 2.42. The van der Waals surface area contributed by atoms with Gasteiger partial charge in [-0.15, -0.1) is 0 Å². The van der Waals surface area contributed by atoms with Crippen LogP contribution in [0, 0.1) is 0 Å². The van der Waals surface area contributed by atoms with Gasteiger partial charge in [0.15, 0.2) is 16.6 Å². The maximum Gasteiger partial charge on any atom is 0.473 e. The molecule has 0 aromatic rings. The van der Waals surface area contributed by atoms with Crippen molar-refractivity contribution in [2.75, 3.05) is 6.61 Å². The monoisotopic (exact) mass is 518 g/mol. The molecule has 188 valence electrons. The quantitative estimate of drug-likeness (QED) is 0.111. The summed E-state index contributed by atoms with van der Waals surface area (Å²) in [5, 5.41) is 0. The fourth-order valence-corrected chi connectivity index (χ4v) is 10.5. The van der Waals surface area contributed by atoms with Crippen molar-refractivity contribution >= 4 is 28.6 Å². The van der Waals surface area contributed by atoms with E-state index in [9.17, 15) is 44.7 Å². The van der Waals surface area contributed by atoms with Crippen LogP contribution in [0.2, 0.25) is 38.8 Å². The molecule has 0 spiro atoms. The molecule has 0 heterocycles. The van der Waals surface area contributed by atoms with Crippen LogP contribution in [0.5, 0.6) is 0 Å². The van der Waals surface area contributed by atoms with Gasteiger partial charge < -0.3 is 13.6 Å². The van der Waals surface area contributed by atoms with Gasteiger partial charge in [0.1, 0.15) is 0 Å². The van der Waals surface area contributed by atoms with E-state index in [1.165, 1.54) is 0 Å². The Hall–Kier alpha value is -1.49. The van der Waals surface area contributed by atoms with Crippen molar-refractivity contribution in [3.63, 3.8) is 0 Å². The number of hydrogen-bond acceptors (Lipinski definition) is 5. The molecule has 0 fully saturated rings. The Bertz CT molecular complexity index is 700. The lowest BCUT2D eigenvalue weighted by Crippen LogP contribution is -2.62. The Labute approximate surface area is 182 Å². The number of halogens is 8. The van der Waals surface area contributed by atoms with Crippen molar-refractivity contribution in [2.45, 2.75) is 76.0 Å². The SMILES string of the molecule is CC(F)(F)C(F)(F)C(F)(F)C(F)(F)OC(=O)C=CC(=O)OCCC[Si](C)(C)O[Si](C)(C)C. The van der Waals surface area contributed by atoms with E-state index in [-0.39, 0.29) is 18.8 Å². The third kappa shape index (κ3) is 8.80. The number of carbonyl (C=O) groups is 2. The fraction of sp³-hybridized carbons (Fsp3) is 0.765. The summed E-state index contributed by atoms with van der Waals surface area (Å²) in [6.45, 7) is 9.15. The van der Waals surface area contributed by atoms with Crippen LogP contribution in [0.15, 0.2) is 12.2 Å². The van der Waals surface area contributed by atoms with Gasteiger partial charge in [0.25, 0.3) is 0 Å². The Kier molecular flexibility index (Phi) is 9.72. The highest BCUT2D eigenvalue weighted by atomic mass is 28.4. The first kappa shape index (κ1) is 30.5. The largest absolute Gasteiger partial charge is 0.473 e. The normalized spacial score (nSPS) is 14.6. The zero-order valence-electron chi connectivity index (χ0n) is 18.3. The summed E-state index contributed by atoms with van der Waals surface area (Å²) in [6, 6.07) is 0.619. The number of ether oxygens (including phenoxy) is 2. The van der Waals surface area contributed by atoms with Crippen molar-refractivity contribution in [2.24, 2.45) is 0 Å². The summed E-state index contributed by atoms with van der Waals surface area (Å²) < 4.78 is 118. The van der Waals surface area contributed by atoms with E-state index in [2.05, 4.69) is 4.74 Å². The smallest absolute Gasteiger partial charge is 0.463 e. The highest BCUT2D eigenvalue weighted by Crippen LogP contribution is 2.52. The van der Waals surface area contributed by atoms with E-state index in [1.54, 1.807) is 0 Å². The molecule has 0 aromatic carbocycles. The summed E-state index contributed by atoms with van der Waals surface area (Å²) >= 11 is 0. The van der Waals surface area contributed by atoms with E-state index in [4.69, 9.17) is 8.85 Å². The van der Waals surface area contributed by atoms with Gasteiger partial charge in [-0.3, -0.25) is 0 Å². The van der Waals surface area contributed by atoms with E-state index in [0.717, 1.165) is 0 Å². The molecule has 0 aromatic heterocycles. The Morgan fingerprint density at radius 3 is 1.72 bits per heavy atom. The summed E-state index contributed by atoms with van der Waals surface area (Å²) in [7, 11) is -3.78. The molecule has 0 saturated carbocycles. The molecule has 0 unspecified atom stereocenters. The third-order valence-corrected chi connectivity index (χ3v) is 9.86. The molecule has 0 aliphatic rings. The van der Waals surface area contributed by atoms with Crippen LogP contribution in [-0.4, -0.2) is 59.1 Å². The summed E-state index contributed by atoms with van der Waals surface area (Å²) in [6.07, 6.45) is -5.75. The maximum absolute atomic E-state index is 13.3. The van der Waals surface area contributed by atoms with Gasteiger partial charge in [-0.1, -0.05) is 0 Å². The standard InChI is InChI=1S/C17H26F8O5Si2/c1-14(18,19)15(20,21)16(22,23)17(24,25)29-13(27)9-8-12(26)28-10-7-11-32(5,6)30-31(2,3)4/h8-9H,7,10-11H2,1-6H3. The summed E-state index contributed by atoms with van der Waals surface area (Å²) in [5.41, 5.74) is 0. The van der Waals surface area contributed by atoms with Gasteiger partial charge >= 0.3 is 35.8 Å². The van der Waals surface area contributed by atoms with Crippen LogP contribution in [0.3, 0.4) is 0 Å². The van der Waals surface area contributed by atoms with Gasteiger partial charge in [0, 0.05) is 19.1 Å². The number of rotatable bonds is 12. The van der Waals surface area contributed by atoms with Gasteiger partial charge in [0.2, 0.25) is 0 Å². The second-order valence-electron chi connectivity index (χ2n) is 8.55. The van der Waals surface area contributed by atoms with Gasteiger partial charge in [-0.2, -0.15) is 35.1 Å². The average Bonchev–Trinajstić information content (AvgIpc) is 2.53. The number of hydrogen-bond donors (Lipinski definition) is 0. The Balaban J connectivity index is 4.80. The first-order chi connectivity index (χ1) is 14.0. The number of carbonyl (C=O) groups excluding carboxylic acids is 2. The minimum atomic E-state index is -6.74. The first-order valence-corrected chi connectivity index (χ1v) is 15.8. The minimum absolute atomic E-state index is 0.0818. The van der Waals surface area contributed by atoms with Crippen LogP contribution in [0.25, 0.3) is 0 Å². The lowest BCUT2D eigenvalue weighted by molar-refractivity contribution is -0.413. The van der Waals surface area contributed by atoms with Crippen molar-refractivity contribution in [3.05, 3.63) is 12.2 Å². The van der Waals surface area contributed by atoms with Crippen molar-refractivity contribution in [3.8, 4) is 0 Å². The van der Waals surface area contributed by atoms with Crippen LogP contribution in [-0.2, 0) is 23.2 Å². The zero-order valence-corrected chi connectivity index (χ0v) is 20.3. The molecule has 0 aliphatic heterocycles. The molecule has 0 saturated heterocycles. The number of alkyl halides is 8. The van der Waals surface area contributed by atoms with Crippen LogP contribution in [0.1, 0.15) is 13.3 Å².